The van der Waals surface area contributed by atoms with Gasteiger partial charge in [-0.1, -0.05) is 65.2 Å². The molecule has 16 heteroatoms. The van der Waals surface area contributed by atoms with Gasteiger partial charge in [0.15, 0.2) is 5.82 Å². The first-order valence-electron chi connectivity index (χ1n) is 18.0. The number of likely N-dealkylation sites (tertiary alicyclic amines) is 1. The summed E-state index contributed by atoms with van der Waals surface area (Å²) in [6.07, 6.45) is -1.95. The Morgan fingerprint density at radius 2 is 1.61 bits per heavy atom. The van der Waals surface area contributed by atoms with Crippen LogP contribution in [-0.2, 0) is 37.2 Å². The Balaban J connectivity index is 1.27. The molecule has 3 aromatic carbocycles. The number of fused-ring (bicyclic) bond motifs is 4. The van der Waals surface area contributed by atoms with Crippen molar-refractivity contribution in [2.75, 3.05) is 19.1 Å². The molecule has 2 aliphatic heterocycles. The second kappa shape index (κ2) is 14.1. The maximum atomic E-state index is 15.4. The van der Waals surface area contributed by atoms with Crippen LogP contribution in [0, 0.1) is 23.7 Å². The Hall–Kier alpha value is -5.60. The molecule has 3 fully saturated rings. The van der Waals surface area contributed by atoms with Crippen LogP contribution in [-0.4, -0.2) is 62.4 Å². The van der Waals surface area contributed by atoms with Gasteiger partial charge in [-0.15, -0.1) is 0 Å². The SMILES string of the molecule is COc1cc(O)ccc1C1C2=CCC3C(=O)N(CCc4ccc(O)cc4)C(=O)C3C2CC2C(=O)N(Nc3ncc(C(F)(F)F)cc3Cl)C(=O)C21c1ccc(Cl)cc1. The molecule has 4 amide bonds. The molecule has 3 N–H and O–H groups in total. The lowest BCUT2D eigenvalue weighted by Gasteiger charge is -2.50. The van der Waals surface area contributed by atoms with Gasteiger partial charge in [-0.25, -0.2) is 4.98 Å². The van der Waals surface area contributed by atoms with Gasteiger partial charge in [0.25, 0.3) is 11.8 Å². The first-order chi connectivity index (χ1) is 27.1. The summed E-state index contributed by atoms with van der Waals surface area (Å²) in [5.41, 5.74) is 1.88. The van der Waals surface area contributed by atoms with Crippen molar-refractivity contribution >= 4 is 52.6 Å². The number of pyridine rings is 1. The molecule has 57 heavy (non-hydrogen) atoms. The van der Waals surface area contributed by atoms with Crippen LogP contribution in [0.25, 0.3) is 0 Å². The lowest BCUT2D eigenvalue weighted by atomic mass is 9.49. The van der Waals surface area contributed by atoms with Crippen LogP contribution in [0.1, 0.15) is 41.0 Å². The lowest BCUT2D eigenvalue weighted by molar-refractivity contribution is -0.141. The molecule has 8 rings (SSSR count). The molecule has 11 nitrogen and oxygen atoms in total. The molecule has 2 saturated heterocycles. The number of nitrogens with zero attached hydrogens (tertiary/aromatic N) is 3. The molecule has 1 aromatic heterocycles. The molecule has 2 aliphatic carbocycles. The summed E-state index contributed by atoms with van der Waals surface area (Å²) in [5.74, 6) is -7.19. The van der Waals surface area contributed by atoms with E-state index >= 15 is 4.79 Å². The number of hydrogen-bond donors (Lipinski definition) is 3. The summed E-state index contributed by atoms with van der Waals surface area (Å²) in [7, 11) is 1.38. The quantitative estimate of drug-likeness (QED) is 0.126. The number of allylic oxidation sites excluding steroid dienone is 2. The fourth-order valence-corrected chi connectivity index (χ4v) is 9.59. The average molecular weight is 822 g/mol. The third-order valence-corrected chi connectivity index (χ3v) is 12.3. The summed E-state index contributed by atoms with van der Waals surface area (Å²) in [5, 5.41) is 20.8. The predicted octanol–water partition coefficient (Wildman–Crippen LogP) is 7.05. The Morgan fingerprint density at radius 1 is 0.912 bits per heavy atom. The summed E-state index contributed by atoms with van der Waals surface area (Å²) in [4.78, 5) is 63.7. The van der Waals surface area contributed by atoms with Crippen LogP contribution >= 0.6 is 23.2 Å². The van der Waals surface area contributed by atoms with Crippen molar-refractivity contribution in [2.45, 2.75) is 36.8 Å². The summed E-state index contributed by atoms with van der Waals surface area (Å²) in [6, 6.07) is 17.8. The molecule has 3 heterocycles. The number of phenolic OH excluding ortho intramolecular Hbond substituents is 2. The molecular weight excluding hydrogens is 788 g/mol. The number of methoxy groups -OCH3 is 1. The first-order valence-corrected chi connectivity index (χ1v) is 18.7. The van der Waals surface area contributed by atoms with Crippen LogP contribution in [0.15, 0.2) is 90.6 Å². The van der Waals surface area contributed by atoms with Gasteiger partial charge in [0.2, 0.25) is 11.8 Å². The molecule has 6 unspecified atom stereocenters. The first kappa shape index (κ1) is 38.3. The number of imide groups is 2. The number of nitrogens with one attached hydrogen (secondary N) is 1. The van der Waals surface area contributed by atoms with Crippen molar-refractivity contribution in [3.05, 3.63) is 123 Å². The van der Waals surface area contributed by atoms with Crippen molar-refractivity contribution in [1.29, 1.82) is 0 Å². The third-order valence-electron chi connectivity index (χ3n) is 11.7. The second-order valence-electron chi connectivity index (χ2n) is 14.6. The molecule has 4 aliphatic rings. The Labute approximate surface area is 333 Å². The number of carbonyl (C=O) groups is 4. The number of amides is 4. The molecule has 1 saturated carbocycles. The number of halogens is 5. The van der Waals surface area contributed by atoms with Crippen LogP contribution in [0.3, 0.4) is 0 Å². The largest absolute Gasteiger partial charge is 0.508 e. The van der Waals surface area contributed by atoms with Gasteiger partial charge in [-0.2, -0.15) is 18.2 Å². The number of hydrogen-bond acceptors (Lipinski definition) is 9. The van der Waals surface area contributed by atoms with E-state index in [1.807, 2.05) is 6.08 Å². The highest BCUT2D eigenvalue weighted by Gasteiger charge is 2.70. The van der Waals surface area contributed by atoms with E-state index in [1.165, 1.54) is 36.3 Å². The average Bonchev–Trinajstić information content (AvgIpc) is 3.55. The van der Waals surface area contributed by atoms with E-state index in [0.717, 1.165) is 5.56 Å². The van der Waals surface area contributed by atoms with Crippen molar-refractivity contribution in [1.82, 2.24) is 14.9 Å². The zero-order chi connectivity index (χ0) is 40.6. The van der Waals surface area contributed by atoms with Gasteiger partial charge in [0.1, 0.15) is 17.2 Å². The van der Waals surface area contributed by atoms with Crippen LogP contribution in [0.4, 0.5) is 19.0 Å². The topological polar surface area (TPSA) is 149 Å². The number of phenols is 2. The minimum absolute atomic E-state index is 0.0612. The summed E-state index contributed by atoms with van der Waals surface area (Å²) >= 11 is 12.6. The highest BCUT2D eigenvalue weighted by atomic mass is 35.5. The lowest BCUT2D eigenvalue weighted by Crippen LogP contribution is -2.53. The normalized spacial score (nSPS) is 25.6. The van der Waals surface area contributed by atoms with Crippen molar-refractivity contribution < 1.29 is 47.3 Å². The molecule has 4 aromatic rings. The summed E-state index contributed by atoms with van der Waals surface area (Å²) in [6.45, 7) is 0.0842. The molecule has 6 atom stereocenters. The number of anilines is 1. The third kappa shape index (κ3) is 6.16. The van der Waals surface area contributed by atoms with Gasteiger partial charge in [0.05, 0.1) is 40.9 Å². The van der Waals surface area contributed by atoms with Gasteiger partial charge < -0.3 is 14.9 Å². The monoisotopic (exact) mass is 820 g/mol. The fourth-order valence-electron chi connectivity index (χ4n) is 9.25. The smallest absolute Gasteiger partial charge is 0.417 e. The van der Waals surface area contributed by atoms with Crippen LogP contribution < -0.4 is 10.2 Å². The van der Waals surface area contributed by atoms with Gasteiger partial charge in [-0.05, 0) is 72.7 Å². The van der Waals surface area contributed by atoms with E-state index in [-0.39, 0.29) is 48.4 Å². The maximum absolute atomic E-state index is 15.4. The van der Waals surface area contributed by atoms with Crippen LogP contribution in [0.5, 0.6) is 17.2 Å². The molecule has 294 valence electrons. The molecule has 0 bridgehead atoms. The maximum Gasteiger partial charge on any atom is 0.417 e. The predicted molar refractivity (Wildman–Crippen MR) is 200 cm³/mol. The zero-order valence-corrected chi connectivity index (χ0v) is 31.5. The van der Waals surface area contributed by atoms with E-state index < -0.39 is 69.5 Å². The number of benzene rings is 3. The van der Waals surface area contributed by atoms with E-state index in [0.29, 0.717) is 45.4 Å². The van der Waals surface area contributed by atoms with E-state index in [1.54, 1.807) is 42.5 Å². The highest BCUT2D eigenvalue weighted by molar-refractivity contribution is 6.33. The minimum atomic E-state index is -4.76. The van der Waals surface area contributed by atoms with Crippen molar-refractivity contribution in [3.63, 3.8) is 0 Å². The number of aromatic hydroxyl groups is 2. The van der Waals surface area contributed by atoms with E-state index in [9.17, 15) is 37.8 Å². The van der Waals surface area contributed by atoms with Gasteiger partial charge in [0, 0.05) is 35.3 Å². The van der Waals surface area contributed by atoms with Crippen molar-refractivity contribution in [2.24, 2.45) is 23.7 Å². The van der Waals surface area contributed by atoms with Crippen molar-refractivity contribution in [3.8, 4) is 17.2 Å². The van der Waals surface area contributed by atoms with E-state index in [2.05, 4.69) is 10.4 Å². The molecule has 0 radical (unpaired) electrons. The molecular formula is C41H33Cl2F3N4O7. The Bertz CT molecular complexity index is 2360. The summed E-state index contributed by atoms with van der Waals surface area (Å²) < 4.78 is 46.3. The number of carbonyl (C=O) groups excluding carboxylic acids is 4. The minimum Gasteiger partial charge on any atom is -0.508 e. The number of rotatable bonds is 8. The second-order valence-corrected chi connectivity index (χ2v) is 15.4. The molecule has 0 spiro atoms. The number of aromatic nitrogens is 1. The Kier molecular flexibility index (Phi) is 9.47. The van der Waals surface area contributed by atoms with Gasteiger partial charge in [-0.3, -0.25) is 29.5 Å². The standard InChI is InChI=1S/C41H33Cl2F3N4O7/c1-57-32-17-25(52)10-11-27(32)34-26-12-13-28-33(38(55)49(36(28)53)15-14-20-2-8-24(51)9-3-20)29(26)18-30-37(54)50(39(56)40(30,34)21-4-6-23(42)7-5-21)48-35-31(43)16-22(19-47-35)41(44,45)46/h2-12,16-17,19,28-30,33-34,51-52H,13-15,18H2,1H3,(H,47,48). The number of ether oxygens (including phenoxy) is 1. The number of alkyl halides is 3. The Morgan fingerprint density at radius 3 is 2.28 bits per heavy atom. The van der Waals surface area contributed by atoms with Gasteiger partial charge >= 0.3 is 6.18 Å². The fraction of sp³-hybridized carbons (Fsp3) is 0.293. The van der Waals surface area contributed by atoms with Crippen LogP contribution in [0.2, 0.25) is 10.0 Å². The van der Waals surface area contributed by atoms with E-state index in [4.69, 9.17) is 27.9 Å². The number of hydrazine groups is 1. The highest BCUT2D eigenvalue weighted by Crippen LogP contribution is 2.65. The zero-order valence-electron chi connectivity index (χ0n) is 30.0.